The highest BCUT2D eigenvalue weighted by atomic mass is 16.5. The van der Waals surface area contributed by atoms with E-state index in [1.165, 1.54) is 0 Å². The minimum absolute atomic E-state index is 0.242. The number of aliphatic carboxylic acids is 1. The Morgan fingerprint density at radius 2 is 2.37 bits per heavy atom. The van der Waals surface area contributed by atoms with Crippen LogP contribution >= 0.6 is 0 Å². The number of hydrogen-bond acceptors (Lipinski definition) is 6. The van der Waals surface area contributed by atoms with E-state index in [9.17, 15) is 9.90 Å². The molecular weight excluding hydrogens is 250 g/mol. The maximum absolute atomic E-state index is 11.1. The molecule has 0 radical (unpaired) electrons. The summed E-state index contributed by atoms with van der Waals surface area (Å²) < 4.78 is 5.11. The minimum Gasteiger partial charge on any atom is -0.480 e. The first-order chi connectivity index (χ1) is 9.10. The largest absolute Gasteiger partial charge is 0.480 e. The van der Waals surface area contributed by atoms with E-state index in [4.69, 9.17) is 9.63 Å². The zero-order chi connectivity index (χ0) is 13.8. The molecule has 1 aromatic heterocycles. The van der Waals surface area contributed by atoms with Gasteiger partial charge in [-0.3, -0.25) is 9.69 Å². The Morgan fingerprint density at radius 3 is 3.05 bits per heavy atom. The predicted molar refractivity (Wildman–Crippen MR) is 65.4 cm³/mol. The van der Waals surface area contributed by atoms with Gasteiger partial charge in [-0.05, 0) is 6.42 Å². The Bertz CT molecular complexity index is 434. The van der Waals surface area contributed by atoms with Crippen LogP contribution in [0, 0.1) is 0 Å². The van der Waals surface area contributed by atoms with Crippen LogP contribution in [-0.2, 0) is 17.8 Å². The van der Waals surface area contributed by atoms with Gasteiger partial charge in [0.25, 0.3) is 0 Å². The SMILES string of the molecule is CCCCc1noc(CN2CC(O)CC2C(=O)O)n1. The molecule has 0 saturated carbocycles. The summed E-state index contributed by atoms with van der Waals surface area (Å²) in [6.07, 6.45) is 2.46. The zero-order valence-electron chi connectivity index (χ0n) is 10.9. The second-order valence-corrected chi connectivity index (χ2v) is 4.88. The average Bonchev–Trinajstić information content (AvgIpc) is 2.94. The van der Waals surface area contributed by atoms with Gasteiger partial charge in [0.2, 0.25) is 5.89 Å². The van der Waals surface area contributed by atoms with Crippen molar-refractivity contribution in [3.63, 3.8) is 0 Å². The third-order valence-electron chi connectivity index (χ3n) is 3.27. The fraction of sp³-hybridized carbons (Fsp3) is 0.750. The molecule has 2 unspecified atom stereocenters. The maximum atomic E-state index is 11.1. The molecule has 1 aliphatic rings. The van der Waals surface area contributed by atoms with E-state index in [1.807, 2.05) is 0 Å². The lowest BCUT2D eigenvalue weighted by Crippen LogP contribution is -2.35. The summed E-state index contributed by atoms with van der Waals surface area (Å²) in [6.45, 7) is 2.68. The number of aromatic nitrogens is 2. The molecule has 2 heterocycles. The molecule has 1 aliphatic heterocycles. The summed E-state index contributed by atoms with van der Waals surface area (Å²) in [6, 6.07) is -0.680. The van der Waals surface area contributed by atoms with Crippen molar-refractivity contribution in [3.05, 3.63) is 11.7 Å². The molecule has 2 atom stereocenters. The molecule has 0 bridgehead atoms. The van der Waals surface area contributed by atoms with Crippen LogP contribution < -0.4 is 0 Å². The van der Waals surface area contributed by atoms with Gasteiger partial charge in [-0.15, -0.1) is 0 Å². The summed E-state index contributed by atoms with van der Waals surface area (Å²) in [5.41, 5.74) is 0. The van der Waals surface area contributed by atoms with Gasteiger partial charge in [0, 0.05) is 19.4 Å². The topological polar surface area (TPSA) is 99.7 Å². The van der Waals surface area contributed by atoms with Crippen LogP contribution in [0.2, 0.25) is 0 Å². The number of rotatable bonds is 6. The van der Waals surface area contributed by atoms with Gasteiger partial charge < -0.3 is 14.7 Å². The van der Waals surface area contributed by atoms with Crippen molar-refractivity contribution in [2.75, 3.05) is 6.54 Å². The molecular formula is C12H19N3O4. The second-order valence-electron chi connectivity index (χ2n) is 4.88. The van der Waals surface area contributed by atoms with E-state index < -0.39 is 18.1 Å². The van der Waals surface area contributed by atoms with Gasteiger partial charge in [-0.1, -0.05) is 18.5 Å². The monoisotopic (exact) mass is 269 g/mol. The Balaban J connectivity index is 1.96. The van der Waals surface area contributed by atoms with Crippen LogP contribution in [0.25, 0.3) is 0 Å². The van der Waals surface area contributed by atoms with Gasteiger partial charge in [0.15, 0.2) is 5.82 Å². The molecule has 0 aromatic carbocycles. The van der Waals surface area contributed by atoms with E-state index in [0.717, 1.165) is 19.3 Å². The molecule has 106 valence electrons. The third-order valence-corrected chi connectivity index (χ3v) is 3.27. The van der Waals surface area contributed by atoms with Gasteiger partial charge in [0.1, 0.15) is 6.04 Å². The molecule has 7 heteroatoms. The lowest BCUT2D eigenvalue weighted by atomic mass is 10.2. The summed E-state index contributed by atoms with van der Waals surface area (Å²) in [5, 5.41) is 22.5. The van der Waals surface area contributed by atoms with Crippen LogP contribution in [0.4, 0.5) is 0 Å². The number of unbranched alkanes of at least 4 members (excludes halogenated alkanes) is 1. The van der Waals surface area contributed by atoms with E-state index in [0.29, 0.717) is 18.3 Å². The molecule has 0 spiro atoms. The van der Waals surface area contributed by atoms with Crippen LogP contribution in [0.15, 0.2) is 4.52 Å². The normalized spacial score (nSPS) is 23.9. The third kappa shape index (κ3) is 3.51. The van der Waals surface area contributed by atoms with Crippen molar-refractivity contribution in [2.24, 2.45) is 0 Å². The highest BCUT2D eigenvalue weighted by molar-refractivity contribution is 5.73. The Labute approximate surface area is 111 Å². The predicted octanol–water partition coefficient (Wildman–Crippen LogP) is 0.432. The van der Waals surface area contributed by atoms with Crippen LogP contribution in [0.1, 0.15) is 37.9 Å². The second kappa shape index (κ2) is 6.12. The van der Waals surface area contributed by atoms with E-state index in [1.54, 1.807) is 4.90 Å². The zero-order valence-corrected chi connectivity index (χ0v) is 10.9. The fourth-order valence-electron chi connectivity index (χ4n) is 2.28. The standard InChI is InChI=1S/C12H19N3O4/c1-2-3-4-10-13-11(19-14-10)7-15-6-8(16)5-9(15)12(17)18/h8-9,16H,2-7H2,1H3,(H,17,18). The Kier molecular flexibility index (Phi) is 4.49. The molecule has 0 amide bonds. The first-order valence-electron chi connectivity index (χ1n) is 6.56. The number of carbonyl (C=O) groups is 1. The molecule has 7 nitrogen and oxygen atoms in total. The highest BCUT2D eigenvalue weighted by Crippen LogP contribution is 2.20. The minimum atomic E-state index is -0.928. The maximum Gasteiger partial charge on any atom is 0.321 e. The smallest absolute Gasteiger partial charge is 0.321 e. The number of carboxylic acid groups (broad SMARTS) is 1. The number of hydrogen-bond donors (Lipinski definition) is 2. The molecule has 1 saturated heterocycles. The van der Waals surface area contributed by atoms with Crippen molar-refractivity contribution in [1.82, 2.24) is 15.0 Å². The number of carboxylic acids is 1. The lowest BCUT2D eigenvalue weighted by molar-refractivity contribution is -0.142. The summed E-state index contributed by atoms with van der Waals surface area (Å²) in [7, 11) is 0. The van der Waals surface area contributed by atoms with E-state index >= 15 is 0 Å². The van der Waals surface area contributed by atoms with Crippen molar-refractivity contribution in [2.45, 2.75) is 51.3 Å². The number of likely N-dealkylation sites (tertiary alicyclic amines) is 1. The van der Waals surface area contributed by atoms with Crippen molar-refractivity contribution >= 4 is 5.97 Å². The molecule has 19 heavy (non-hydrogen) atoms. The Hall–Kier alpha value is -1.47. The number of aliphatic hydroxyl groups is 1. The molecule has 2 rings (SSSR count). The van der Waals surface area contributed by atoms with Crippen LogP contribution in [0.5, 0.6) is 0 Å². The van der Waals surface area contributed by atoms with Crippen molar-refractivity contribution in [3.8, 4) is 0 Å². The Morgan fingerprint density at radius 1 is 1.58 bits per heavy atom. The van der Waals surface area contributed by atoms with E-state index in [-0.39, 0.29) is 13.0 Å². The van der Waals surface area contributed by atoms with Crippen LogP contribution in [-0.4, -0.2) is 49.9 Å². The summed E-state index contributed by atoms with van der Waals surface area (Å²) in [4.78, 5) is 17.0. The highest BCUT2D eigenvalue weighted by Gasteiger charge is 2.36. The van der Waals surface area contributed by atoms with Crippen molar-refractivity contribution in [1.29, 1.82) is 0 Å². The van der Waals surface area contributed by atoms with Crippen LogP contribution in [0.3, 0.4) is 0 Å². The quantitative estimate of drug-likeness (QED) is 0.772. The number of β-amino-alcohol motifs (C(OH)–C–C–N with tert-alkyl or cyclic N) is 1. The summed E-state index contributed by atoms with van der Waals surface area (Å²) >= 11 is 0. The number of nitrogens with zero attached hydrogens (tertiary/aromatic N) is 3. The molecule has 1 fully saturated rings. The molecule has 0 aliphatic carbocycles. The summed E-state index contributed by atoms with van der Waals surface area (Å²) in [5.74, 6) is 0.136. The number of aryl methyl sites for hydroxylation is 1. The van der Waals surface area contributed by atoms with E-state index in [2.05, 4.69) is 17.1 Å². The lowest BCUT2D eigenvalue weighted by Gasteiger charge is -2.17. The van der Waals surface area contributed by atoms with Crippen molar-refractivity contribution < 1.29 is 19.5 Å². The average molecular weight is 269 g/mol. The van der Waals surface area contributed by atoms with Gasteiger partial charge in [0.05, 0.1) is 12.6 Å². The first-order valence-corrected chi connectivity index (χ1v) is 6.56. The number of aliphatic hydroxyl groups excluding tert-OH is 1. The molecule has 2 N–H and O–H groups in total. The fourth-order valence-corrected chi connectivity index (χ4v) is 2.28. The first kappa shape index (κ1) is 14.0. The van der Waals surface area contributed by atoms with Gasteiger partial charge in [-0.2, -0.15) is 4.98 Å². The molecule has 1 aromatic rings. The van der Waals surface area contributed by atoms with Gasteiger partial charge >= 0.3 is 5.97 Å². The van der Waals surface area contributed by atoms with Gasteiger partial charge in [-0.25, -0.2) is 0 Å².